The predicted octanol–water partition coefficient (Wildman–Crippen LogP) is 2.28. The first kappa shape index (κ1) is 14.8. The molecule has 0 radical (unpaired) electrons. The molecule has 0 aliphatic heterocycles. The predicted molar refractivity (Wildman–Crippen MR) is 70.6 cm³/mol. The molecule has 0 aromatic heterocycles. The van der Waals surface area contributed by atoms with E-state index in [0.717, 1.165) is 17.9 Å². The lowest BCUT2D eigenvalue weighted by Gasteiger charge is -2.12. The molecule has 0 heterocycles. The third-order valence-corrected chi connectivity index (χ3v) is 3.27. The second kappa shape index (κ2) is 6.58. The third kappa shape index (κ3) is 3.87. The van der Waals surface area contributed by atoms with E-state index >= 15 is 0 Å². The van der Waals surface area contributed by atoms with Gasteiger partial charge in [-0.15, -0.1) is 0 Å². The molecule has 1 unspecified atom stereocenters. The molecule has 0 saturated heterocycles. The van der Waals surface area contributed by atoms with Crippen molar-refractivity contribution in [3.8, 4) is 0 Å². The largest absolute Gasteiger partial charge is 0.396 e. The molecule has 0 bridgehead atoms. The van der Waals surface area contributed by atoms with Crippen LogP contribution in [-0.4, -0.2) is 24.5 Å². The first-order chi connectivity index (χ1) is 8.45. The molecule has 0 saturated carbocycles. The highest BCUT2D eigenvalue weighted by atomic mass is 32.2. The van der Waals surface area contributed by atoms with Crippen LogP contribution >= 0.6 is 11.8 Å². The van der Waals surface area contributed by atoms with Crippen LogP contribution in [0, 0.1) is 17.6 Å². The molecule has 0 aliphatic rings. The molecule has 3 N–H and O–H groups in total. The molecule has 3 nitrogen and oxygen atoms in total. The van der Waals surface area contributed by atoms with Crippen molar-refractivity contribution in [2.75, 3.05) is 24.3 Å². The van der Waals surface area contributed by atoms with Crippen LogP contribution in [0.15, 0.2) is 12.1 Å². The van der Waals surface area contributed by atoms with Gasteiger partial charge in [0.1, 0.15) is 5.82 Å². The highest BCUT2D eigenvalue weighted by Crippen LogP contribution is 2.17. The molecular formula is C12H16F2N2OS. The fraction of sp³-hybridized carbons (Fsp3) is 0.417. The zero-order chi connectivity index (χ0) is 13.7. The zero-order valence-electron chi connectivity index (χ0n) is 10.3. The molecule has 0 aliphatic carbocycles. The Morgan fingerprint density at radius 3 is 2.78 bits per heavy atom. The number of carbonyl (C=O) groups is 1. The van der Waals surface area contributed by atoms with E-state index in [1.54, 1.807) is 11.8 Å². The van der Waals surface area contributed by atoms with E-state index in [2.05, 4.69) is 5.32 Å². The maximum Gasteiger partial charge on any atom is 0.254 e. The number of carbonyl (C=O) groups excluding carboxylic acids is 1. The second-order valence-corrected chi connectivity index (χ2v) is 5.04. The van der Waals surface area contributed by atoms with Gasteiger partial charge in [0, 0.05) is 6.54 Å². The summed E-state index contributed by atoms with van der Waals surface area (Å²) in [5, 5.41) is 2.56. The first-order valence-electron chi connectivity index (χ1n) is 5.47. The smallest absolute Gasteiger partial charge is 0.254 e. The maximum atomic E-state index is 13.5. The minimum atomic E-state index is -0.883. The van der Waals surface area contributed by atoms with Crippen molar-refractivity contribution in [2.45, 2.75) is 6.92 Å². The minimum absolute atomic E-state index is 0.262. The van der Waals surface area contributed by atoms with Gasteiger partial charge in [0.05, 0.1) is 11.3 Å². The molecular weight excluding hydrogens is 258 g/mol. The number of nitrogen functional groups attached to an aromatic ring is 1. The number of hydrogen-bond acceptors (Lipinski definition) is 3. The third-order valence-electron chi connectivity index (χ3n) is 2.37. The van der Waals surface area contributed by atoms with Gasteiger partial charge in [-0.1, -0.05) is 6.92 Å². The lowest BCUT2D eigenvalue weighted by Crippen LogP contribution is -2.30. The quantitative estimate of drug-likeness (QED) is 0.810. The summed E-state index contributed by atoms with van der Waals surface area (Å²) in [6, 6.07) is 1.70. The van der Waals surface area contributed by atoms with E-state index < -0.39 is 17.5 Å². The van der Waals surface area contributed by atoms with Crippen LogP contribution in [0.5, 0.6) is 0 Å². The number of thioether (sulfide) groups is 1. The average Bonchev–Trinajstić information content (AvgIpc) is 2.31. The summed E-state index contributed by atoms with van der Waals surface area (Å²) >= 11 is 1.66. The first-order valence-corrected chi connectivity index (χ1v) is 6.86. The summed E-state index contributed by atoms with van der Waals surface area (Å²) in [5.74, 6) is -1.11. The summed E-state index contributed by atoms with van der Waals surface area (Å²) in [6.45, 7) is 2.38. The number of hydrogen-bond donors (Lipinski definition) is 2. The molecule has 1 rings (SSSR count). The van der Waals surface area contributed by atoms with Crippen LogP contribution < -0.4 is 11.1 Å². The Hall–Kier alpha value is -1.30. The van der Waals surface area contributed by atoms with Gasteiger partial charge in [-0.05, 0) is 30.1 Å². The fourth-order valence-corrected chi connectivity index (χ4v) is 2.17. The molecule has 1 aromatic rings. The SMILES string of the molecule is CSCC(C)CNC(=O)c1cc(F)cc(N)c1F. The molecule has 0 spiro atoms. The number of halogens is 2. The summed E-state index contributed by atoms with van der Waals surface area (Å²) in [6.07, 6.45) is 1.96. The number of nitrogens with two attached hydrogens (primary N) is 1. The summed E-state index contributed by atoms with van der Waals surface area (Å²) < 4.78 is 26.6. The van der Waals surface area contributed by atoms with E-state index in [1.165, 1.54) is 0 Å². The van der Waals surface area contributed by atoms with Crippen molar-refractivity contribution >= 4 is 23.4 Å². The van der Waals surface area contributed by atoms with E-state index in [0.29, 0.717) is 6.54 Å². The van der Waals surface area contributed by atoms with Crippen molar-refractivity contribution in [3.05, 3.63) is 29.3 Å². The standard InChI is InChI=1S/C12H16F2N2OS/c1-7(6-18-2)5-16-12(17)9-3-8(13)4-10(15)11(9)14/h3-4,7H,5-6,15H2,1-2H3,(H,16,17). The number of amides is 1. The highest BCUT2D eigenvalue weighted by Gasteiger charge is 2.16. The van der Waals surface area contributed by atoms with Crippen LogP contribution in [0.4, 0.5) is 14.5 Å². The highest BCUT2D eigenvalue weighted by molar-refractivity contribution is 7.98. The summed E-state index contributed by atoms with van der Waals surface area (Å²) in [4.78, 5) is 11.7. The van der Waals surface area contributed by atoms with Crippen LogP contribution in [0.1, 0.15) is 17.3 Å². The normalized spacial score (nSPS) is 12.2. The lowest BCUT2D eigenvalue weighted by atomic mass is 10.1. The Morgan fingerprint density at radius 1 is 1.50 bits per heavy atom. The molecule has 0 fully saturated rings. The monoisotopic (exact) mass is 274 g/mol. The van der Waals surface area contributed by atoms with Crippen LogP contribution in [0.2, 0.25) is 0 Å². The van der Waals surface area contributed by atoms with Gasteiger partial charge >= 0.3 is 0 Å². The Kier molecular flexibility index (Phi) is 5.40. The lowest BCUT2D eigenvalue weighted by molar-refractivity contribution is 0.0945. The van der Waals surface area contributed by atoms with Gasteiger partial charge in [-0.3, -0.25) is 4.79 Å². The zero-order valence-corrected chi connectivity index (χ0v) is 11.1. The Morgan fingerprint density at radius 2 is 2.17 bits per heavy atom. The van der Waals surface area contributed by atoms with E-state index in [9.17, 15) is 13.6 Å². The molecule has 1 aromatic carbocycles. The maximum absolute atomic E-state index is 13.5. The van der Waals surface area contributed by atoms with Gasteiger partial charge in [0.25, 0.3) is 5.91 Å². The molecule has 1 amide bonds. The van der Waals surface area contributed by atoms with Gasteiger partial charge in [-0.25, -0.2) is 8.78 Å². The van der Waals surface area contributed by atoms with E-state index in [4.69, 9.17) is 5.73 Å². The van der Waals surface area contributed by atoms with Crippen LogP contribution in [-0.2, 0) is 0 Å². The average molecular weight is 274 g/mol. The van der Waals surface area contributed by atoms with Crippen molar-refractivity contribution in [1.29, 1.82) is 0 Å². The van der Waals surface area contributed by atoms with Crippen molar-refractivity contribution in [1.82, 2.24) is 5.32 Å². The topological polar surface area (TPSA) is 55.1 Å². The molecule has 100 valence electrons. The number of anilines is 1. The van der Waals surface area contributed by atoms with Gasteiger partial charge < -0.3 is 11.1 Å². The second-order valence-electron chi connectivity index (χ2n) is 4.13. The molecule has 1 atom stereocenters. The van der Waals surface area contributed by atoms with Crippen molar-refractivity contribution in [3.63, 3.8) is 0 Å². The summed E-state index contributed by atoms with van der Waals surface area (Å²) in [5.41, 5.74) is 4.54. The van der Waals surface area contributed by atoms with Crippen molar-refractivity contribution < 1.29 is 13.6 Å². The Balaban J connectivity index is 2.73. The van der Waals surface area contributed by atoms with Crippen molar-refractivity contribution in [2.24, 2.45) is 5.92 Å². The molecule has 18 heavy (non-hydrogen) atoms. The van der Waals surface area contributed by atoms with E-state index in [-0.39, 0.29) is 17.2 Å². The molecule has 6 heteroatoms. The van der Waals surface area contributed by atoms with Crippen LogP contribution in [0.25, 0.3) is 0 Å². The number of nitrogens with one attached hydrogen (secondary N) is 1. The fourth-order valence-electron chi connectivity index (χ4n) is 1.48. The summed E-state index contributed by atoms with van der Waals surface area (Å²) in [7, 11) is 0. The Bertz CT molecular complexity index is 440. The van der Waals surface area contributed by atoms with E-state index in [1.807, 2.05) is 13.2 Å². The van der Waals surface area contributed by atoms with Gasteiger partial charge in [0.2, 0.25) is 0 Å². The number of benzene rings is 1. The Labute approximate surface area is 109 Å². The number of rotatable bonds is 5. The van der Waals surface area contributed by atoms with Gasteiger partial charge in [0.15, 0.2) is 5.82 Å². The minimum Gasteiger partial charge on any atom is -0.396 e. The van der Waals surface area contributed by atoms with Crippen LogP contribution in [0.3, 0.4) is 0 Å². The van der Waals surface area contributed by atoms with Gasteiger partial charge in [-0.2, -0.15) is 11.8 Å².